The highest BCUT2D eigenvalue weighted by atomic mass is 32.2. The van der Waals surface area contributed by atoms with Crippen molar-refractivity contribution >= 4 is 15.7 Å². The van der Waals surface area contributed by atoms with E-state index in [0.717, 1.165) is 11.6 Å². The molecule has 0 bridgehead atoms. The second kappa shape index (κ2) is 5.10. The van der Waals surface area contributed by atoms with Crippen molar-refractivity contribution in [3.05, 3.63) is 46.0 Å². The zero-order valence-electron chi connectivity index (χ0n) is 10.4. The number of rotatable bonds is 3. The molecule has 0 radical (unpaired) electrons. The standard InChI is InChI=1S/C12H14N2O4S/c1-10-4-3-7-13(9-10)19(17,18)12-6-2-5-11(8-12)14(15)16/h2,4-6,8H,3,7,9H2,1H3. The van der Waals surface area contributed by atoms with Gasteiger partial charge < -0.3 is 0 Å². The molecule has 6 nitrogen and oxygen atoms in total. The van der Waals surface area contributed by atoms with Crippen molar-refractivity contribution in [2.75, 3.05) is 13.1 Å². The summed E-state index contributed by atoms with van der Waals surface area (Å²) in [6.45, 7) is 2.61. The molecule has 0 atom stereocenters. The van der Waals surface area contributed by atoms with E-state index in [1.54, 1.807) is 0 Å². The molecular weight excluding hydrogens is 268 g/mol. The molecule has 0 saturated carbocycles. The van der Waals surface area contributed by atoms with Crippen LogP contribution in [0.15, 0.2) is 40.8 Å². The minimum absolute atomic E-state index is 0.0311. The average molecular weight is 282 g/mol. The Labute approximate surface area is 111 Å². The lowest BCUT2D eigenvalue weighted by Gasteiger charge is -2.25. The van der Waals surface area contributed by atoms with Crippen molar-refractivity contribution in [3.63, 3.8) is 0 Å². The monoisotopic (exact) mass is 282 g/mol. The van der Waals surface area contributed by atoms with Crippen molar-refractivity contribution in [2.24, 2.45) is 0 Å². The first-order valence-corrected chi connectivity index (χ1v) is 7.25. The fraction of sp³-hybridized carbons (Fsp3) is 0.333. The predicted molar refractivity (Wildman–Crippen MR) is 70.2 cm³/mol. The molecule has 0 saturated heterocycles. The van der Waals surface area contributed by atoms with Gasteiger partial charge in [-0.05, 0) is 19.4 Å². The van der Waals surface area contributed by atoms with Crippen molar-refractivity contribution in [3.8, 4) is 0 Å². The molecule has 1 aliphatic heterocycles. The van der Waals surface area contributed by atoms with Crippen LogP contribution in [0.25, 0.3) is 0 Å². The van der Waals surface area contributed by atoms with E-state index in [1.807, 2.05) is 13.0 Å². The number of nitrogens with zero attached hydrogens (tertiary/aromatic N) is 2. The number of nitro groups is 1. The van der Waals surface area contributed by atoms with Crippen LogP contribution < -0.4 is 0 Å². The highest BCUT2D eigenvalue weighted by Crippen LogP contribution is 2.23. The minimum atomic E-state index is -3.66. The molecule has 0 N–H and O–H groups in total. The van der Waals surface area contributed by atoms with E-state index in [1.165, 1.54) is 22.5 Å². The third-order valence-electron chi connectivity index (χ3n) is 2.96. The van der Waals surface area contributed by atoms with Gasteiger partial charge in [-0.1, -0.05) is 17.7 Å². The fourth-order valence-electron chi connectivity index (χ4n) is 1.99. The smallest absolute Gasteiger partial charge is 0.258 e. The van der Waals surface area contributed by atoms with Crippen molar-refractivity contribution in [2.45, 2.75) is 18.2 Å². The molecule has 0 aliphatic carbocycles. The number of benzene rings is 1. The van der Waals surface area contributed by atoms with E-state index in [4.69, 9.17) is 0 Å². The lowest BCUT2D eigenvalue weighted by atomic mass is 10.2. The van der Waals surface area contributed by atoms with Crippen LogP contribution in [0, 0.1) is 10.1 Å². The van der Waals surface area contributed by atoms with E-state index in [0.29, 0.717) is 19.5 Å². The summed E-state index contributed by atoms with van der Waals surface area (Å²) >= 11 is 0. The third-order valence-corrected chi connectivity index (χ3v) is 4.80. The Morgan fingerprint density at radius 2 is 2.11 bits per heavy atom. The van der Waals surface area contributed by atoms with Crippen LogP contribution in [0.5, 0.6) is 0 Å². The number of nitro benzene ring substituents is 1. The summed E-state index contributed by atoms with van der Waals surface area (Å²) in [4.78, 5) is 10.1. The average Bonchev–Trinajstić information content (AvgIpc) is 2.39. The van der Waals surface area contributed by atoms with Crippen LogP contribution in [0.2, 0.25) is 0 Å². The summed E-state index contributed by atoms with van der Waals surface area (Å²) in [6.07, 6.45) is 2.67. The Hall–Kier alpha value is -1.73. The van der Waals surface area contributed by atoms with Crippen LogP contribution in [0.3, 0.4) is 0 Å². The Bertz CT molecular complexity index is 637. The van der Waals surface area contributed by atoms with Gasteiger partial charge in [-0.2, -0.15) is 4.31 Å². The Balaban J connectivity index is 2.37. The van der Waals surface area contributed by atoms with E-state index in [9.17, 15) is 18.5 Å². The summed E-state index contributed by atoms with van der Waals surface area (Å²) in [7, 11) is -3.66. The van der Waals surface area contributed by atoms with Gasteiger partial charge in [0.15, 0.2) is 0 Å². The third kappa shape index (κ3) is 2.82. The summed E-state index contributed by atoms with van der Waals surface area (Å²) in [5.41, 5.74) is 0.769. The first-order valence-electron chi connectivity index (χ1n) is 5.81. The van der Waals surface area contributed by atoms with Gasteiger partial charge in [0, 0.05) is 25.2 Å². The summed E-state index contributed by atoms with van der Waals surface area (Å²) in [6, 6.07) is 5.15. The molecule has 1 aromatic rings. The Kier molecular flexibility index (Phi) is 3.68. The quantitative estimate of drug-likeness (QED) is 0.482. The Morgan fingerprint density at radius 3 is 2.74 bits per heavy atom. The highest BCUT2D eigenvalue weighted by molar-refractivity contribution is 7.89. The molecule has 0 spiro atoms. The number of hydrogen-bond donors (Lipinski definition) is 0. The van der Waals surface area contributed by atoms with Crippen molar-refractivity contribution in [1.82, 2.24) is 4.31 Å². The van der Waals surface area contributed by atoms with Crippen molar-refractivity contribution in [1.29, 1.82) is 0 Å². The van der Waals surface area contributed by atoms with E-state index in [-0.39, 0.29) is 10.6 Å². The zero-order valence-corrected chi connectivity index (χ0v) is 11.3. The lowest BCUT2D eigenvalue weighted by Crippen LogP contribution is -2.35. The zero-order chi connectivity index (χ0) is 14.0. The molecule has 0 amide bonds. The molecule has 1 aliphatic rings. The molecule has 1 heterocycles. The number of sulfonamides is 1. The molecular formula is C12H14N2O4S. The predicted octanol–water partition coefficient (Wildman–Crippen LogP) is 1.94. The van der Waals surface area contributed by atoms with Crippen LogP contribution >= 0.6 is 0 Å². The van der Waals surface area contributed by atoms with Gasteiger partial charge in [0.25, 0.3) is 5.69 Å². The van der Waals surface area contributed by atoms with E-state index < -0.39 is 14.9 Å². The Morgan fingerprint density at radius 1 is 1.37 bits per heavy atom. The second-order valence-electron chi connectivity index (χ2n) is 4.43. The summed E-state index contributed by atoms with van der Waals surface area (Å²) in [5.74, 6) is 0. The number of non-ortho nitro benzene ring substituents is 1. The molecule has 19 heavy (non-hydrogen) atoms. The van der Waals surface area contributed by atoms with Gasteiger partial charge in [-0.25, -0.2) is 8.42 Å². The maximum Gasteiger partial charge on any atom is 0.270 e. The van der Waals surface area contributed by atoms with Crippen molar-refractivity contribution < 1.29 is 13.3 Å². The van der Waals surface area contributed by atoms with E-state index >= 15 is 0 Å². The first-order chi connectivity index (χ1) is 8.91. The number of hydrogen-bond acceptors (Lipinski definition) is 4. The SMILES string of the molecule is CC1=CCCN(S(=O)(=O)c2cccc([N+](=O)[O-])c2)C1. The topological polar surface area (TPSA) is 80.5 Å². The normalized spacial score (nSPS) is 17.0. The van der Waals surface area contributed by atoms with Gasteiger partial charge in [0.1, 0.15) is 0 Å². The molecule has 7 heteroatoms. The maximum absolute atomic E-state index is 12.4. The first kappa shape index (κ1) is 13.7. The second-order valence-corrected chi connectivity index (χ2v) is 6.37. The van der Waals surface area contributed by atoms with Crippen LogP contribution in [-0.4, -0.2) is 30.7 Å². The maximum atomic E-state index is 12.4. The molecule has 0 fully saturated rings. The lowest BCUT2D eigenvalue weighted by molar-refractivity contribution is -0.385. The molecule has 1 aromatic carbocycles. The van der Waals surface area contributed by atoms with Gasteiger partial charge in [0.2, 0.25) is 10.0 Å². The molecule has 102 valence electrons. The van der Waals surface area contributed by atoms with Gasteiger partial charge >= 0.3 is 0 Å². The molecule has 0 unspecified atom stereocenters. The largest absolute Gasteiger partial charge is 0.270 e. The van der Waals surface area contributed by atoms with Crippen LogP contribution in [0.1, 0.15) is 13.3 Å². The van der Waals surface area contributed by atoms with Gasteiger partial charge in [-0.15, -0.1) is 0 Å². The van der Waals surface area contributed by atoms with Gasteiger partial charge in [0.05, 0.1) is 9.82 Å². The van der Waals surface area contributed by atoms with Gasteiger partial charge in [-0.3, -0.25) is 10.1 Å². The summed E-state index contributed by atoms with van der Waals surface area (Å²) in [5, 5.41) is 10.7. The van der Waals surface area contributed by atoms with Crippen LogP contribution in [-0.2, 0) is 10.0 Å². The molecule has 2 rings (SSSR count). The fourth-order valence-corrected chi connectivity index (χ4v) is 3.53. The minimum Gasteiger partial charge on any atom is -0.258 e. The van der Waals surface area contributed by atoms with Crippen LogP contribution in [0.4, 0.5) is 5.69 Å². The molecule has 0 aromatic heterocycles. The van der Waals surface area contributed by atoms with E-state index in [2.05, 4.69) is 0 Å². The highest BCUT2D eigenvalue weighted by Gasteiger charge is 2.27. The summed E-state index contributed by atoms with van der Waals surface area (Å²) < 4.78 is 26.1.